The second-order valence-corrected chi connectivity index (χ2v) is 5.72. The Morgan fingerprint density at radius 3 is 2.78 bits per heavy atom. The fraction of sp³-hybridized carbons (Fsp3) is 0.400. The molecule has 0 spiro atoms. The summed E-state index contributed by atoms with van der Waals surface area (Å²) in [5.41, 5.74) is 0.317. The molecule has 124 valence electrons. The van der Waals surface area contributed by atoms with E-state index in [1.54, 1.807) is 6.92 Å². The second kappa shape index (κ2) is 6.95. The number of carboxylic acids is 1. The van der Waals surface area contributed by atoms with Gasteiger partial charge in [-0.25, -0.2) is 9.18 Å². The molecule has 2 amide bonds. The first kappa shape index (κ1) is 17.2. The molecule has 1 fully saturated rings. The number of halogens is 2. The van der Waals surface area contributed by atoms with Gasteiger partial charge in [0.25, 0.3) is 0 Å². The van der Waals surface area contributed by atoms with Gasteiger partial charge < -0.3 is 15.3 Å². The lowest BCUT2D eigenvalue weighted by molar-refractivity contribution is -0.142. The fourth-order valence-corrected chi connectivity index (χ4v) is 2.53. The Labute approximate surface area is 137 Å². The molecule has 0 bridgehead atoms. The van der Waals surface area contributed by atoms with Crippen LogP contribution in [-0.2, 0) is 14.4 Å². The molecule has 6 nitrogen and oxygen atoms in total. The molecule has 1 heterocycles. The molecule has 2 rings (SSSR count). The van der Waals surface area contributed by atoms with Crippen LogP contribution in [-0.4, -0.2) is 35.5 Å². The second-order valence-electron chi connectivity index (χ2n) is 5.31. The average Bonchev–Trinajstić information content (AvgIpc) is 2.89. The predicted molar refractivity (Wildman–Crippen MR) is 81.7 cm³/mol. The molecule has 1 aromatic carbocycles. The molecular formula is C15H16ClFN2O4. The van der Waals surface area contributed by atoms with E-state index in [1.807, 2.05) is 0 Å². The van der Waals surface area contributed by atoms with Gasteiger partial charge in [-0.2, -0.15) is 0 Å². The molecule has 0 saturated carbocycles. The molecule has 1 saturated heterocycles. The average molecular weight is 343 g/mol. The third kappa shape index (κ3) is 3.79. The van der Waals surface area contributed by atoms with Crippen LogP contribution in [0.2, 0.25) is 5.02 Å². The summed E-state index contributed by atoms with van der Waals surface area (Å²) >= 11 is 5.61. The van der Waals surface area contributed by atoms with Gasteiger partial charge in [0.1, 0.15) is 11.9 Å². The van der Waals surface area contributed by atoms with E-state index >= 15 is 0 Å². The highest BCUT2D eigenvalue weighted by Gasteiger charge is 2.36. The number of nitrogens with zero attached hydrogens (tertiary/aromatic N) is 1. The molecule has 2 N–H and O–H groups in total. The monoisotopic (exact) mass is 342 g/mol. The number of amides is 2. The van der Waals surface area contributed by atoms with E-state index in [0.29, 0.717) is 5.69 Å². The minimum Gasteiger partial charge on any atom is -0.480 e. The number of hydrogen-bond acceptors (Lipinski definition) is 3. The molecule has 0 aliphatic carbocycles. The van der Waals surface area contributed by atoms with Gasteiger partial charge >= 0.3 is 5.97 Å². The van der Waals surface area contributed by atoms with E-state index in [4.69, 9.17) is 16.7 Å². The number of hydrogen-bond donors (Lipinski definition) is 2. The molecule has 1 aromatic rings. The van der Waals surface area contributed by atoms with E-state index in [0.717, 1.165) is 6.07 Å². The lowest BCUT2D eigenvalue weighted by Gasteiger charge is -2.18. The summed E-state index contributed by atoms with van der Waals surface area (Å²) in [4.78, 5) is 36.4. The Kier molecular flexibility index (Phi) is 5.20. The van der Waals surface area contributed by atoms with Gasteiger partial charge in [-0.1, -0.05) is 18.5 Å². The maximum absolute atomic E-state index is 13.5. The van der Waals surface area contributed by atoms with Crippen molar-refractivity contribution in [1.82, 2.24) is 5.32 Å². The van der Waals surface area contributed by atoms with E-state index < -0.39 is 29.7 Å². The maximum atomic E-state index is 13.5. The summed E-state index contributed by atoms with van der Waals surface area (Å²) in [5.74, 6) is -3.27. The number of anilines is 1. The normalized spacial score (nSPS) is 18.8. The topological polar surface area (TPSA) is 86.7 Å². The first-order valence-corrected chi connectivity index (χ1v) is 7.49. The molecule has 0 radical (unpaired) electrons. The highest BCUT2D eigenvalue weighted by Crippen LogP contribution is 2.28. The van der Waals surface area contributed by atoms with Crippen molar-refractivity contribution < 1.29 is 23.9 Å². The van der Waals surface area contributed by atoms with Crippen molar-refractivity contribution in [3.8, 4) is 0 Å². The molecule has 23 heavy (non-hydrogen) atoms. The summed E-state index contributed by atoms with van der Waals surface area (Å²) in [7, 11) is 0. The van der Waals surface area contributed by atoms with Crippen LogP contribution >= 0.6 is 11.6 Å². The predicted octanol–water partition coefficient (Wildman–Crippen LogP) is 1.81. The van der Waals surface area contributed by atoms with E-state index in [1.165, 1.54) is 17.0 Å². The highest BCUT2D eigenvalue weighted by atomic mass is 35.5. The lowest BCUT2D eigenvalue weighted by Crippen LogP contribution is -2.43. The molecule has 1 aliphatic heterocycles. The van der Waals surface area contributed by atoms with Gasteiger partial charge in [0.15, 0.2) is 0 Å². The third-order valence-corrected chi connectivity index (χ3v) is 4.04. The molecule has 2 unspecified atom stereocenters. The quantitative estimate of drug-likeness (QED) is 0.854. The van der Waals surface area contributed by atoms with Gasteiger partial charge in [-0.15, -0.1) is 0 Å². The van der Waals surface area contributed by atoms with Gasteiger partial charge in [-0.05, 0) is 24.6 Å². The fourth-order valence-electron chi connectivity index (χ4n) is 2.41. The summed E-state index contributed by atoms with van der Waals surface area (Å²) in [6.45, 7) is 1.71. The number of carbonyl (C=O) groups excluding carboxylic acids is 2. The van der Waals surface area contributed by atoms with E-state index in [-0.39, 0.29) is 30.3 Å². The minimum atomic E-state index is -1.12. The smallest absolute Gasteiger partial charge is 0.326 e. The first-order chi connectivity index (χ1) is 10.8. The van der Waals surface area contributed by atoms with Gasteiger partial charge in [0, 0.05) is 18.7 Å². The standard InChI is InChI=1S/C15H16ClFN2O4/c1-2-12(15(22)23)18-14(21)8-5-13(20)19(7-8)9-3-4-10(16)11(17)6-9/h3-4,6,8,12H,2,5,7H2,1H3,(H,18,21)(H,22,23). The number of rotatable bonds is 5. The van der Waals surface area contributed by atoms with Gasteiger partial charge in [-0.3, -0.25) is 9.59 Å². The minimum absolute atomic E-state index is 0.0495. The molecule has 0 aromatic heterocycles. The largest absolute Gasteiger partial charge is 0.480 e. The third-order valence-electron chi connectivity index (χ3n) is 3.73. The van der Waals surface area contributed by atoms with Crippen molar-refractivity contribution in [2.45, 2.75) is 25.8 Å². The van der Waals surface area contributed by atoms with Crippen LogP contribution in [0.25, 0.3) is 0 Å². The van der Waals surface area contributed by atoms with Crippen LogP contribution in [0.1, 0.15) is 19.8 Å². The number of benzene rings is 1. The van der Waals surface area contributed by atoms with Crippen molar-refractivity contribution in [3.63, 3.8) is 0 Å². The highest BCUT2D eigenvalue weighted by molar-refractivity contribution is 6.30. The van der Waals surface area contributed by atoms with E-state index in [2.05, 4.69) is 5.32 Å². The maximum Gasteiger partial charge on any atom is 0.326 e. The molecule has 8 heteroatoms. The SMILES string of the molecule is CCC(NC(=O)C1CC(=O)N(c2ccc(Cl)c(F)c2)C1)C(=O)O. The van der Waals surface area contributed by atoms with Crippen molar-refractivity contribution >= 4 is 35.1 Å². The summed E-state index contributed by atoms with van der Waals surface area (Å²) in [5, 5.41) is 11.3. The zero-order valence-corrected chi connectivity index (χ0v) is 13.1. The van der Waals surface area contributed by atoms with Crippen LogP contribution in [0.15, 0.2) is 18.2 Å². The number of nitrogens with one attached hydrogen (secondary N) is 1. The Morgan fingerprint density at radius 2 is 2.22 bits per heavy atom. The number of aliphatic carboxylic acids is 1. The number of carbonyl (C=O) groups is 3. The zero-order chi connectivity index (χ0) is 17.1. The van der Waals surface area contributed by atoms with Crippen LogP contribution in [0, 0.1) is 11.7 Å². The van der Waals surface area contributed by atoms with Crippen molar-refractivity contribution in [2.75, 3.05) is 11.4 Å². The van der Waals surface area contributed by atoms with Crippen LogP contribution in [0.3, 0.4) is 0 Å². The Bertz CT molecular complexity index is 652. The van der Waals surface area contributed by atoms with E-state index in [9.17, 15) is 18.8 Å². The molecule has 1 aliphatic rings. The van der Waals surface area contributed by atoms with Crippen molar-refractivity contribution in [3.05, 3.63) is 29.0 Å². The van der Waals surface area contributed by atoms with Gasteiger partial charge in [0.2, 0.25) is 11.8 Å². The molecule has 2 atom stereocenters. The van der Waals surface area contributed by atoms with Crippen LogP contribution < -0.4 is 10.2 Å². The lowest BCUT2D eigenvalue weighted by atomic mass is 10.1. The molecular weight excluding hydrogens is 327 g/mol. The number of carboxylic acid groups (broad SMARTS) is 1. The van der Waals surface area contributed by atoms with Crippen molar-refractivity contribution in [1.29, 1.82) is 0 Å². The first-order valence-electron chi connectivity index (χ1n) is 7.12. The zero-order valence-electron chi connectivity index (χ0n) is 12.4. The van der Waals surface area contributed by atoms with Gasteiger partial charge in [0.05, 0.1) is 10.9 Å². The van der Waals surface area contributed by atoms with Crippen LogP contribution in [0.4, 0.5) is 10.1 Å². The Morgan fingerprint density at radius 1 is 1.52 bits per heavy atom. The summed E-state index contributed by atoms with van der Waals surface area (Å²) in [6, 6.07) is 2.98. The van der Waals surface area contributed by atoms with Crippen LogP contribution in [0.5, 0.6) is 0 Å². The van der Waals surface area contributed by atoms with Crippen molar-refractivity contribution in [2.24, 2.45) is 5.92 Å². The summed E-state index contributed by atoms with van der Waals surface area (Å²) in [6.07, 6.45) is 0.194. The summed E-state index contributed by atoms with van der Waals surface area (Å²) < 4.78 is 13.5. The Hall–Kier alpha value is -2.15. The Balaban J connectivity index is 2.08.